The van der Waals surface area contributed by atoms with Crippen molar-refractivity contribution in [3.05, 3.63) is 36.5 Å². The Balaban J connectivity index is 4.05. The highest BCUT2D eigenvalue weighted by molar-refractivity contribution is 7.46. The van der Waals surface area contributed by atoms with Crippen LogP contribution in [0.1, 0.15) is 155 Å². The molecule has 2 N–H and O–H groups in total. The van der Waals surface area contributed by atoms with Crippen LogP contribution in [0.2, 0.25) is 0 Å². The monoisotopic (exact) mass is 642 g/mol. The van der Waals surface area contributed by atoms with Gasteiger partial charge < -0.3 is 19.3 Å². The quantitative estimate of drug-likeness (QED) is 0.0252. The molecule has 256 valence electrons. The Kier molecular flexibility index (Phi) is 30.0. The molecule has 0 fully saturated rings. The zero-order chi connectivity index (χ0) is 32.6. The van der Waals surface area contributed by atoms with Gasteiger partial charge in [0.1, 0.15) is 6.61 Å². The van der Waals surface area contributed by atoms with E-state index in [1.807, 2.05) is 0 Å². The summed E-state index contributed by atoms with van der Waals surface area (Å²) in [6.45, 7) is 3.58. The number of hydrogen-bond acceptors (Lipinski definition) is 6. The molecule has 0 aliphatic carbocycles. The lowest BCUT2D eigenvalue weighted by Gasteiger charge is -2.18. The van der Waals surface area contributed by atoms with Crippen molar-refractivity contribution < 1.29 is 37.9 Å². The van der Waals surface area contributed by atoms with E-state index in [0.717, 1.165) is 77.0 Å². The molecule has 44 heavy (non-hydrogen) atoms. The highest BCUT2D eigenvalue weighted by atomic mass is 31.2. The molecule has 0 aliphatic heterocycles. The fraction of sp³-hybridized carbons (Fsp3) is 0.771. The van der Waals surface area contributed by atoms with E-state index in [2.05, 4.69) is 54.8 Å². The van der Waals surface area contributed by atoms with Gasteiger partial charge in [-0.05, 0) is 57.8 Å². The fourth-order valence-electron chi connectivity index (χ4n) is 4.52. The lowest BCUT2D eigenvalue weighted by Crippen LogP contribution is -2.29. The molecule has 0 heterocycles. The molecular weight excluding hydrogens is 579 g/mol. The average molecular weight is 643 g/mol. The van der Waals surface area contributed by atoms with Crippen LogP contribution in [0, 0.1) is 0 Å². The summed E-state index contributed by atoms with van der Waals surface area (Å²) in [6.07, 6.45) is 34.4. The second-order valence-electron chi connectivity index (χ2n) is 11.5. The van der Waals surface area contributed by atoms with Crippen LogP contribution in [-0.4, -0.2) is 41.0 Å². The summed E-state index contributed by atoms with van der Waals surface area (Å²) < 4.78 is 26.2. The molecule has 0 rings (SSSR count). The molecule has 0 aromatic heterocycles. The molecule has 0 saturated heterocycles. The topological polar surface area (TPSA) is 119 Å². The van der Waals surface area contributed by atoms with Crippen LogP contribution in [0.25, 0.3) is 0 Å². The Morgan fingerprint density at radius 1 is 0.591 bits per heavy atom. The third-order valence-corrected chi connectivity index (χ3v) is 7.64. The molecule has 0 aromatic carbocycles. The maximum Gasteiger partial charge on any atom is 0.469 e. The molecule has 0 amide bonds. The second kappa shape index (κ2) is 31.3. The smallest absolute Gasteiger partial charge is 0.462 e. The number of rotatable bonds is 31. The zero-order valence-corrected chi connectivity index (χ0v) is 28.7. The van der Waals surface area contributed by atoms with E-state index in [0.29, 0.717) is 12.8 Å². The molecule has 0 aliphatic rings. The molecule has 9 heteroatoms. The maximum absolute atomic E-state index is 12.3. The minimum absolute atomic E-state index is 0.192. The average Bonchev–Trinajstić information content (AvgIpc) is 2.98. The van der Waals surface area contributed by atoms with Gasteiger partial charge in [-0.1, -0.05) is 121 Å². The Morgan fingerprint density at radius 2 is 1.05 bits per heavy atom. The molecule has 8 nitrogen and oxygen atoms in total. The first-order chi connectivity index (χ1) is 21.3. The van der Waals surface area contributed by atoms with Crippen LogP contribution in [0.5, 0.6) is 0 Å². The second-order valence-corrected chi connectivity index (χ2v) is 12.8. The number of phosphoric acid groups is 1. The number of phosphoric ester groups is 1. The van der Waals surface area contributed by atoms with Crippen molar-refractivity contribution in [2.24, 2.45) is 0 Å². The standard InChI is InChI=1S/C35H63O8P/c1-3-5-7-9-11-13-15-16-17-18-20-22-24-26-28-30-35(37)43-33(32-42-44(38,39)40)31-41-34(36)29-27-25-23-21-19-14-12-10-8-6-4-2/h10,12-13,15-17,33H,3-9,11,14,18-32H2,1-2H3,(H2,38,39,40)/b12-10+,15-13+,17-16+/t33-/m1/s1. The van der Waals surface area contributed by atoms with Crippen molar-refractivity contribution in [1.29, 1.82) is 0 Å². The van der Waals surface area contributed by atoms with E-state index >= 15 is 0 Å². The number of allylic oxidation sites excluding steroid dienone is 6. The normalized spacial score (nSPS) is 12.9. The van der Waals surface area contributed by atoms with E-state index in [4.69, 9.17) is 19.3 Å². The number of ether oxygens (including phenoxy) is 2. The zero-order valence-electron chi connectivity index (χ0n) is 27.8. The van der Waals surface area contributed by atoms with Gasteiger partial charge in [0.05, 0.1) is 6.61 Å². The summed E-state index contributed by atoms with van der Waals surface area (Å²) in [4.78, 5) is 42.5. The van der Waals surface area contributed by atoms with Gasteiger partial charge in [-0.2, -0.15) is 0 Å². The number of unbranched alkanes of at least 4 members (excludes halogenated alkanes) is 16. The Labute approximate surface area is 268 Å². The third kappa shape index (κ3) is 33.2. The van der Waals surface area contributed by atoms with Crippen LogP contribution < -0.4 is 0 Å². The van der Waals surface area contributed by atoms with Crippen LogP contribution in [0.3, 0.4) is 0 Å². The molecule has 0 unspecified atom stereocenters. The van der Waals surface area contributed by atoms with Gasteiger partial charge in [0.15, 0.2) is 6.10 Å². The van der Waals surface area contributed by atoms with Crippen LogP contribution in [-0.2, 0) is 28.2 Å². The van der Waals surface area contributed by atoms with Crippen LogP contribution in [0.15, 0.2) is 36.5 Å². The van der Waals surface area contributed by atoms with Crippen LogP contribution >= 0.6 is 7.82 Å². The van der Waals surface area contributed by atoms with Crippen LogP contribution in [0.4, 0.5) is 0 Å². The number of esters is 2. The summed E-state index contributed by atoms with van der Waals surface area (Å²) in [7, 11) is -4.75. The predicted octanol–water partition coefficient (Wildman–Crippen LogP) is 9.84. The molecule has 0 aromatic rings. The first-order valence-electron chi connectivity index (χ1n) is 17.3. The largest absolute Gasteiger partial charge is 0.469 e. The maximum atomic E-state index is 12.3. The first-order valence-corrected chi connectivity index (χ1v) is 18.8. The summed E-state index contributed by atoms with van der Waals surface area (Å²) in [5, 5.41) is 0. The molecule has 1 atom stereocenters. The van der Waals surface area contributed by atoms with Crippen molar-refractivity contribution in [3.8, 4) is 0 Å². The predicted molar refractivity (Wildman–Crippen MR) is 179 cm³/mol. The van der Waals surface area contributed by atoms with Gasteiger partial charge in [-0.3, -0.25) is 14.1 Å². The van der Waals surface area contributed by atoms with E-state index in [1.54, 1.807) is 0 Å². The van der Waals surface area contributed by atoms with E-state index in [9.17, 15) is 14.2 Å². The lowest BCUT2D eigenvalue weighted by atomic mass is 10.1. The highest BCUT2D eigenvalue weighted by Crippen LogP contribution is 2.35. The van der Waals surface area contributed by atoms with Gasteiger partial charge in [0.25, 0.3) is 0 Å². The van der Waals surface area contributed by atoms with Gasteiger partial charge in [-0.15, -0.1) is 0 Å². The lowest BCUT2D eigenvalue weighted by molar-refractivity contribution is -0.161. The number of hydrogen-bond donors (Lipinski definition) is 2. The summed E-state index contributed by atoms with van der Waals surface area (Å²) in [6, 6.07) is 0. The van der Waals surface area contributed by atoms with E-state index in [1.165, 1.54) is 38.5 Å². The van der Waals surface area contributed by atoms with Gasteiger partial charge in [-0.25, -0.2) is 4.57 Å². The summed E-state index contributed by atoms with van der Waals surface area (Å²) >= 11 is 0. The van der Waals surface area contributed by atoms with Crippen molar-refractivity contribution in [2.45, 2.75) is 161 Å². The number of carbonyl (C=O) groups excluding carboxylic acids is 2. The van der Waals surface area contributed by atoms with Crippen molar-refractivity contribution in [3.63, 3.8) is 0 Å². The first kappa shape index (κ1) is 42.3. The Bertz CT molecular complexity index is 818. The minimum atomic E-state index is -4.75. The molecule has 0 bridgehead atoms. The van der Waals surface area contributed by atoms with E-state index in [-0.39, 0.29) is 19.4 Å². The third-order valence-electron chi connectivity index (χ3n) is 7.16. The molecular formula is C35H63O8P. The fourth-order valence-corrected chi connectivity index (χ4v) is 4.88. The van der Waals surface area contributed by atoms with Crippen molar-refractivity contribution in [2.75, 3.05) is 13.2 Å². The molecule has 0 saturated carbocycles. The van der Waals surface area contributed by atoms with Gasteiger partial charge >= 0.3 is 19.8 Å². The highest BCUT2D eigenvalue weighted by Gasteiger charge is 2.22. The van der Waals surface area contributed by atoms with E-state index < -0.39 is 32.5 Å². The SMILES string of the molecule is CCCC/C=C/CCCCCCCC(=O)OC[C@H](COP(=O)(O)O)OC(=O)CCCCCCC/C=C/C=C/CCCCCC. The molecule has 0 radical (unpaired) electrons. The van der Waals surface area contributed by atoms with Gasteiger partial charge in [0, 0.05) is 12.8 Å². The molecule has 0 spiro atoms. The Morgan fingerprint density at radius 3 is 1.59 bits per heavy atom. The summed E-state index contributed by atoms with van der Waals surface area (Å²) in [5.41, 5.74) is 0. The van der Waals surface area contributed by atoms with Crippen molar-refractivity contribution >= 4 is 19.8 Å². The summed E-state index contributed by atoms with van der Waals surface area (Å²) in [5.74, 6) is -0.917. The minimum Gasteiger partial charge on any atom is -0.462 e. The Hall–Kier alpha value is -1.73. The van der Waals surface area contributed by atoms with Crippen molar-refractivity contribution in [1.82, 2.24) is 0 Å². The number of carbonyl (C=O) groups is 2. The van der Waals surface area contributed by atoms with Gasteiger partial charge in [0.2, 0.25) is 0 Å².